The van der Waals surface area contributed by atoms with Gasteiger partial charge in [-0.2, -0.15) is 0 Å². The van der Waals surface area contributed by atoms with E-state index in [4.69, 9.17) is 8.83 Å². The number of hydrogen-bond acceptors (Lipinski definition) is 3. The predicted molar refractivity (Wildman–Crippen MR) is 212 cm³/mol. The molecule has 0 radical (unpaired) electrons. The number of para-hydroxylation sites is 2. The van der Waals surface area contributed by atoms with Gasteiger partial charge in [0.1, 0.15) is 22.3 Å². The first-order valence-electron chi connectivity index (χ1n) is 17.3. The zero-order chi connectivity index (χ0) is 33.7. The normalized spacial score (nSPS) is 11.5. The Bertz CT molecular complexity index is 2850. The molecule has 0 bridgehead atoms. The van der Waals surface area contributed by atoms with Crippen LogP contribution < -0.4 is 4.90 Å². The molecule has 0 atom stereocenters. The SMILES string of the molecule is c1ccc(-c2ccc(-c3ccccc3)c(N(c3ccc(-c4ccc5c(c4)oc4ccccc45)cc3)c3cccc4oc5ccccc5c34)c2)cc1. The number of rotatable bonds is 6. The molecule has 0 aliphatic heterocycles. The summed E-state index contributed by atoms with van der Waals surface area (Å²) in [6.45, 7) is 0. The average Bonchev–Trinajstić information content (AvgIpc) is 3.77. The Morgan fingerprint density at radius 2 is 0.863 bits per heavy atom. The minimum atomic E-state index is 0.856. The summed E-state index contributed by atoms with van der Waals surface area (Å²) in [4.78, 5) is 2.39. The van der Waals surface area contributed by atoms with Crippen LogP contribution in [0.15, 0.2) is 197 Å². The Hall–Kier alpha value is -6.84. The summed E-state index contributed by atoms with van der Waals surface area (Å²) in [7, 11) is 0. The van der Waals surface area contributed by atoms with Crippen molar-refractivity contribution in [2.75, 3.05) is 4.90 Å². The molecule has 0 amide bonds. The quantitative estimate of drug-likeness (QED) is 0.179. The van der Waals surface area contributed by atoms with Crippen LogP contribution in [0.5, 0.6) is 0 Å². The van der Waals surface area contributed by atoms with Gasteiger partial charge in [0.25, 0.3) is 0 Å². The average molecular weight is 654 g/mol. The molecular formula is C48H31NO2. The lowest BCUT2D eigenvalue weighted by atomic mass is 9.96. The number of furan rings is 2. The molecule has 240 valence electrons. The fourth-order valence-electron chi connectivity index (χ4n) is 7.45. The van der Waals surface area contributed by atoms with Crippen molar-refractivity contribution in [3.63, 3.8) is 0 Å². The third-order valence-corrected chi connectivity index (χ3v) is 9.89. The Morgan fingerprint density at radius 1 is 0.314 bits per heavy atom. The van der Waals surface area contributed by atoms with Crippen molar-refractivity contribution < 1.29 is 8.83 Å². The van der Waals surface area contributed by atoms with Crippen molar-refractivity contribution in [2.24, 2.45) is 0 Å². The molecule has 0 aliphatic carbocycles. The van der Waals surface area contributed by atoms with Gasteiger partial charge in [0.2, 0.25) is 0 Å². The summed E-state index contributed by atoms with van der Waals surface area (Å²) in [5.74, 6) is 0. The molecule has 3 nitrogen and oxygen atoms in total. The number of fused-ring (bicyclic) bond motifs is 6. The zero-order valence-corrected chi connectivity index (χ0v) is 27.7. The lowest BCUT2D eigenvalue weighted by Gasteiger charge is -2.29. The fraction of sp³-hybridized carbons (Fsp3) is 0. The molecule has 2 aromatic heterocycles. The maximum Gasteiger partial charge on any atom is 0.137 e. The lowest BCUT2D eigenvalue weighted by molar-refractivity contribution is 0.668. The third kappa shape index (κ3) is 4.98. The van der Waals surface area contributed by atoms with Crippen molar-refractivity contribution in [1.29, 1.82) is 0 Å². The highest BCUT2D eigenvalue weighted by Crippen LogP contribution is 2.47. The first-order valence-corrected chi connectivity index (χ1v) is 17.3. The maximum atomic E-state index is 6.42. The van der Waals surface area contributed by atoms with Crippen LogP contribution in [0.2, 0.25) is 0 Å². The molecule has 0 N–H and O–H groups in total. The number of anilines is 3. The van der Waals surface area contributed by atoms with E-state index < -0.39 is 0 Å². The summed E-state index contributed by atoms with van der Waals surface area (Å²) in [5, 5.41) is 4.43. The molecule has 0 fully saturated rings. The Balaban J connectivity index is 1.19. The lowest BCUT2D eigenvalue weighted by Crippen LogP contribution is -2.12. The molecule has 2 heterocycles. The molecule has 3 heteroatoms. The number of hydrogen-bond donors (Lipinski definition) is 0. The van der Waals surface area contributed by atoms with Crippen LogP contribution in [-0.4, -0.2) is 0 Å². The monoisotopic (exact) mass is 653 g/mol. The second-order valence-corrected chi connectivity index (χ2v) is 12.9. The predicted octanol–water partition coefficient (Wildman–Crippen LogP) is 14.0. The molecular weight excluding hydrogens is 623 g/mol. The number of benzene rings is 8. The zero-order valence-electron chi connectivity index (χ0n) is 27.7. The van der Waals surface area contributed by atoms with E-state index in [0.717, 1.165) is 88.8 Å². The smallest absolute Gasteiger partial charge is 0.137 e. The Morgan fingerprint density at radius 3 is 1.65 bits per heavy atom. The second kappa shape index (κ2) is 11.9. The molecule has 10 rings (SSSR count). The Kier molecular flexibility index (Phi) is 6.81. The van der Waals surface area contributed by atoms with Gasteiger partial charge in [-0.05, 0) is 82.4 Å². The van der Waals surface area contributed by atoms with E-state index >= 15 is 0 Å². The summed E-state index contributed by atoms with van der Waals surface area (Å²) in [5.41, 5.74) is 13.5. The molecule has 10 aromatic rings. The summed E-state index contributed by atoms with van der Waals surface area (Å²) in [6, 6.07) is 66.3. The van der Waals surface area contributed by atoms with Gasteiger partial charge in [-0.1, -0.05) is 133 Å². The van der Waals surface area contributed by atoms with Gasteiger partial charge in [0.05, 0.1) is 16.8 Å². The van der Waals surface area contributed by atoms with E-state index in [0.29, 0.717) is 0 Å². The standard InChI is InChI=1S/C48H31NO2/c1-3-12-32(13-4-1)35-24-28-38(34-14-5-2-6-15-34)43(30-35)49(42-18-11-21-46-48(42)41-17-8-10-20-45(41)50-46)37-26-22-33(23-27-37)36-25-29-40-39-16-7-9-19-44(39)51-47(40)31-36/h1-31H. The molecule has 0 saturated carbocycles. The van der Waals surface area contributed by atoms with E-state index in [1.807, 2.05) is 24.3 Å². The van der Waals surface area contributed by atoms with Crippen LogP contribution >= 0.6 is 0 Å². The van der Waals surface area contributed by atoms with E-state index in [1.54, 1.807) is 0 Å². The van der Waals surface area contributed by atoms with Crippen LogP contribution in [-0.2, 0) is 0 Å². The minimum Gasteiger partial charge on any atom is -0.456 e. The molecule has 0 unspecified atom stereocenters. The van der Waals surface area contributed by atoms with Crippen LogP contribution in [0.3, 0.4) is 0 Å². The van der Waals surface area contributed by atoms with Crippen molar-refractivity contribution in [3.8, 4) is 33.4 Å². The van der Waals surface area contributed by atoms with Gasteiger partial charge < -0.3 is 13.7 Å². The molecule has 0 spiro atoms. The summed E-state index contributed by atoms with van der Waals surface area (Å²) in [6.07, 6.45) is 0. The largest absolute Gasteiger partial charge is 0.456 e. The second-order valence-electron chi connectivity index (χ2n) is 12.9. The molecule has 0 aliphatic rings. The highest BCUT2D eigenvalue weighted by atomic mass is 16.3. The first kappa shape index (κ1) is 29.1. The van der Waals surface area contributed by atoms with E-state index in [9.17, 15) is 0 Å². The van der Waals surface area contributed by atoms with Crippen molar-refractivity contribution in [1.82, 2.24) is 0 Å². The fourth-order valence-corrected chi connectivity index (χ4v) is 7.45. The Labute approximate surface area is 295 Å². The van der Waals surface area contributed by atoms with Gasteiger partial charge in [0.15, 0.2) is 0 Å². The van der Waals surface area contributed by atoms with Gasteiger partial charge in [0, 0.05) is 27.4 Å². The molecule has 8 aromatic carbocycles. The van der Waals surface area contributed by atoms with Gasteiger partial charge in [-0.25, -0.2) is 0 Å². The topological polar surface area (TPSA) is 29.5 Å². The maximum absolute atomic E-state index is 6.42. The van der Waals surface area contributed by atoms with Crippen molar-refractivity contribution in [3.05, 3.63) is 188 Å². The van der Waals surface area contributed by atoms with E-state index in [1.165, 1.54) is 5.56 Å². The molecule has 0 saturated heterocycles. The highest BCUT2D eigenvalue weighted by Gasteiger charge is 2.23. The van der Waals surface area contributed by atoms with Crippen LogP contribution in [0.4, 0.5) is 17.1 Å². The van der Waals surface area contributed by atoms with Crippen LogP contribution in [0.1, 0.15) is 0 Å². The van der Waals surface area contributed by atoms with Gasteiger partial charge in [-0.3, -0.25) is 0 Å². The van der Waals surface area contributed by atoms with E-state index in [-0.39, 0.29) is 0 Å². The summed E-state index contributed by atoms with van der Waals surface area (Å²) < 4.78 is 12.7. The van der Waals surface area contributed by atoms with Crippen molar-refractivity contribution in [2.45, 2.75) is 0 Å². The first-order chi connectivity index (χ1) is 25.3. The van der Waals surface area contributed by atoms with Crippen molar-refractivity contribution >= 4 is 60.9 Å². The minimum absolute atomic E-state index is 0.856. The van der Waals surface area contributed by atoms with Gasteiger partial charge >= 0.3 is 0 Å². The van der Waals surface area contributed by atoms with Crippen LogP contribution in [0.25, 0.3) is 77.3 Å². The van der Waals surface area contributed by atoms with Gasteiger partial charge in [-0.15, -0.1) is 0 Å². The highest BCUT2D eigenvalue weighted by molar-refractivity contribution is 6.14. The summed E-state index contributed by atoms with van der Waals surface area (Å²) >= 11 is 0. The number of nitrogens with zero attached hydrogens (tertiary/aromatic N) is 1. The third-order valence-electron chi connectivity index (χ3n) is 9.89. The molecule has 51 heavy (non-hydrogen) atoms. The van der Waals surface area contributed by atoms with Crippen LogP contribution in [0, 0.1) is 0 Å². The van der Waals surface area contributed by atoms with E-state index in [2.05, 4.69) is 169 Å².